The van der Waals surface area contributed by atoms with Gasteiger partial charge in [-0.1, -0.05) is 17.7 Å². The van der Waals surface area contributed by atoms with Gasteiger partial charge in [-0.25, -0.2) is 8.42 Å². The molecule has 166 valence electrons. The second-order valence-corrected chi connectivity index (χ2v) is 10.6. The van der Waals surface area contributed by atoms with Gasteiger partial charge in [0.25, 0.3) is 21.8 Å². The predicted molar refractivity (Wildman–Crippen MR) is 126 cm³/mol. The zero-order valence-electron chi connectivity index (χ0n) is 16.9. The molecule has 0 spiro atoms. The molecule has 1 aliphatic carbocycles. The third-order valence-corrected chi connectivity index (χ3v) is 8.00. The fraction of sp³-hybridized carbons (Fsp3) is 0.182. The average molecular weight is 490 g/mol. The van der Waals surface area contributed by atoms with Crippen molar-refractivity contribution in [3.63, 3.8) is 0 Å². The molecule has 4 rings (SSSR count). The molecule has 10 heteroatoms. The third kappa shape index (κ3) is 4.64. The lowest BCUT2D eigenvalue weighted by atomic mass is 9.95. The lowest BCUT2D eigenvalue weighted by Gasteiger charge is -2.11. The number of benzene rings is 2. The minimum atomic E-state index is -3.85. The van der Waals surface area contributed by atoms with Gasteiger partial charge in [0.2, 0.25) is 0 Å². The molecule has 7 nitrogen and oxygen atoms in total. The van der Waals surface area contributed by atoms with E-state index in [4.69, 9.17) is 17.3 Å². The first-order valence-electron chi connectivity index (χ1n) is 9.89. The molecular formula is C22H20ClN3O4S2. The predicted octanol–water partition coefficient (Wildman–Crippen LogP) is 4.43. The monoisotopic (exact) mass is 489 g/mol. The van der Waals surface area contributed by atoms with Crippen LogP contribution in [-0.2, 0) is 22.9 Å². The molecule has 0 atom stereocenters. The summed E-state index contributed by atoms with van der Waals surface area (Å²) in [7, 11) is -3.85. The van der Waals surface area contributed by atoms with Crippen molar-refractivity contribution in [3.8, 4) is 0 Å². The Morgan fingerprint density at radius 2 is 1.75 bits per heavy atom. The summed E-state index contributed by atoms with van der Waals surface area (Å²) in [5, 5.41) is 3.64. The third-order valence-electron chi connectivity index (χ3n) is 5.15. The molecule has 2 amide bonds. The Bertz CT molecular complexity index is 1300. The summed E-state index contributed by atoms with van der Waals surface area (Å²) in [6, 6.07) is 11.9. The molecule has 32 heavy (non-hydrogen) atoms. The van der Waals surface area contributed by atoms with Crippen molar-refractivity contribution in [2.75, 3.05) is 10.0 Å². The molecule has 1 aromatic heterocycles. The second kappa shape index (κ2) is 8.93. The van der Waals surface area contributed by atoms with Crippen LogP contribution in [0.4, 0.5) is 10.7 Å². The van der Waals surface area contributed by atoms with Gasteiger partial charge >= 0.3 is 0 Å². The van der Waals surface area contributed by atoms with Crippen LogP contribution in [0.5, 0.6) is 0 Å². The van der Waals surface area contributed by atoms with Crippen molar-refractivity contribution in [2.45, 2.75) is 30.6 Å². The molecule has 0 radical (unpaired) electrons. The maximum Gasteiger partial charge on any atom is 0.261 e. The molecule has 0 bridgehead atoms. The van der Waals surface area contributed by atoms with Crippen LogP contribution >= 0.6 is 22.9 Å². The number of amides is 2. The summed E-state index contributed by atoms with van der Waals surface area (Å²) in [6.07, 6.45) is 3.64. The van der Waals surface area contributed by atoms with Gasteiger partial charge in [-0.2, -0.15) is 0 Å². The minimum Gasteiger partial charge on any atom is -0.365 e. The second-order valence-electron chi connectivity index (χ2n) is 7.37. The summed E-state index contributed by atoms with van der Waals surface area (Å²) < 4.78 is 27.7. The van der Waals surface area contributed by atoms with Crippen LogP contribution in [0.2, 0.25) is 5.02 Å². The molecule has 0 aliphatic heterocycles. The number of primary amides is 1. The number of carbonyl (C=O) groups is 2. The van der Waals surface area contributed by atoms with E-state index >= 15 is 0 Å². The first kappa shape index (κ1) is 22.3. The van der Waals surface area contributed by atoms with Crippen molar-refractivity contribution < 1.29 is 18.0 Å². The van der Waals surface area contributed by atoms with E-state index in [1.807, 2.05) is 0 Å². The van der Waals surface area contributed by atoms with E-state index in [0.717, 1.165) is 36.1 Å². The fourth-order valence-corrected chi connectivity index (χ4v) is 6.11. The van der Waals surface area contributed by atoms with Gasteiger partial charge in [-0.3, -0.25) is 14.3 Å². The quantitative estimate of drug-likeness (QED) is 0.474. The number of nitrogens with two attached hydrogens (primary N) is 1. The zero-order valence-corrected chi connectivity index (χ0v) is 19.2. The molecule has 0 fully saturated rings. The number of fused-ring (bicyclic) bond motifs is 1. The molecule has 4 N–H and O–H groups in total. The van der Waals surface area contributed by atoms with Crippen LogP contribution in [0, 0.1) is 0 Å². The lowest BCUT2D eigenvalue weighted by Crippen LogP contribution is -2.19. The number of carbonyl (C=O) groups excluding carboxylic acids is 2. The Balaban J connectivity index is 1.56. The van der Waals surface area contributed by atoms with Crippen LogP contribution in [0.1, 0.15) is 44.0 Å². The van der Waals surface area contributed by atoms with Gasteiger partial charge < -0.3 is 11.1 Å². The average Bonchev–Trinajstić information content (AvgIpc) is 3.12. The summed E-state index contributed by atoms with van der Waals surface area (Å²) in [5.74, 6) is -1.03. The number of nitrogens with one attached hydrogen (secondary N) is 2. The van der Waals surface area contributed by atoms with Crippen LogP contribution in [0.25, 0.3) is 0 Å². The molecule has 3 aromatic rings. The number of hydrogen-bond donors (Lipinski definition) is 3. The first-order valence-corrected chi connectivity index (χ1v) is 12.6. The Hall–Kier alpha value is -2.88. The summed E-state index contributed by atoms with van der Waals surface area (Å²) in [6.45, 7) is 0. The maximum atomic E-state index is 12.9. The number of sulfonamides is 1. The van der Waals surface area contributed by atoms with Gasteiger partial charge in [0.05, 0.1) is 10.5 Å². The van der Waals surface area contributed by atoms with E-state index in [-0.39, 0.29) is 16.1 Å². The Morgan fingerprint density at radius 1 is 1.03 bits per heavy atom. The summed E-state index contributed by atoms with van der Waals surface area (Å²) in [5.41, 5.74) is 7.35. The van der Waals surface area contributed by atoms with Crippen molar-refractivity contribution in [3.05, 3.63) is 75.1 Å². The Kier molecular flexibility index (Phi) is 6.23. The fourth-order valence-electron chi connectivity index (χ4n) is 3.64. The molecule has 0 unspecified atom stereocenters. The highest BCUT2D eigenvalue weighted by Gasteiger charge is 2.25. The van der Waals surface area contributed by atoms with Crippen LogP contribution in [0.15, 0.2) is 53.4 Å². The van der Waals surface area contributed by atoms with Gasteiger partial charge in [0, 0.05) is 21.2 Å². The van der Waals surface area contributed by atoms with Gasteiger partial charge in [0.1, 0.15) is 5.00 Å². The number of halogens is 1. The number of hydrogen-bond acceptors (Lipinski definition) is 5. The van der Waals surface area contributed by atoms with E-state index in [1.165, 1.54) is 41.7 Å². The molecule has 1 aliphatic rings. The number of aryl methyl sites for hydroxylation is 1. The lowest BCUT2D eigenvalue weighted by molar-refractivity contribution is 0.100. The van der Waals surface area contributed by atoms with Gasteiger partial charge in [-0.05, 0) is 73.7 Å². The normalized spacial score (nSPS) is 13.3. The Morgan fingerprint density at radius 3 is 2.47 bits per heavy atom. The van der Waals surface area contributed by atoms with E-state index in [9.17, 15) is 18.0 Å². The van der Waals surface area contributed by atoms with Crippen LogP contribution < -0.4 is 15.8 Å². The molecule has 2 aromatic carbocycles. The first-order chi connectivity index (χ1) is 15.2. The van der Waals surface area contributed by atoms with Crippen molar-refractivity contribution >= 4 is 55.5 Å². The smallest absolute Gasteiger partial charge is 0.261 e. The number of thiophene rings is 1. The SMILES string of the molecule is NC(=O)c1c(NC(=O)c2cccc(NS(=O)(=O)c3ccc(Cl)cc3)c2)sc2c1CCCC2. The van der Waals surface area contributed by atoms with Crippen molar-refractivity contribution in [2.24, 2.45) is 5.73 Å². The summed E-state index contributed by atoms with van der Waals surface area (Å²) >= 11 is 7.19. The van der Waals surface area contributed by atoms with Gasteiger partial charge in [0.15, 0.2) is 0 Å². The highest BCUT2D eigenvalue weighted by atomic mass is 35.5. The van der Waals surface area contributed by atoms with E-state index in [2.05, 4.69) is 10.0 Å². The molecule has 0 saturated heterocycles. The van der Waals surface area contributed by atoms with Crippen molar-refractivity contribution in [1.29, 1.82) is 0 Å². The topological polar surface area (TPSA) is 118 Å². The zero-order chi connectivity index (χ0) is 22.9. The minimum absolute atomic E-state index is 0.0482. The molecular weight excluding hydrogens is 470 g/mol. The van der Waals surface area contributed by atoms with E-state index < -0.39 is 21.8 Å². The van der Waals surface area contributed by atoms with E-state index in [0.29, 0.717) is 15.6 Å². The largest absolute Gasteiger partial charge is 0.365 e. The van der Waals surface area contributed by atoms with Gasteiger partial charge in [-0.15, -0.1) is 11.3 Å². The molecule has 0 saturated carbocycles. The Labute approximate surface area is 194 Å². The number of anilines is 2. The highest BCUT2D eigenvalue weighted by Crippen LogP contribution is 2.38. The highest BCUT2D eigenvalue weighted by molar-refractivity contribution is 7.92. The van der Waals surface area contributed by atoms with E-state index in [1.54, 1.807) is 18.2 Å². The standard InChI is InChI=1S/C22H20ClN3O4S2/c23-14-8-10-16(11-9-14)32(29,30)26-15-5-3-4-13(12-15)21(28)25-22-19(20(24)27)17-6-1-2-7-18(17)31-22/h3-5,8-12,26H,1-2,6-7H2,(H2,24,27)(H,25,28). The summed E-state index contributed by atoms with van der Waals surface area (Å²) in [4.78, 5) is 26.0. The van der Waals surface area contributed by atoms with Crippen molar-refractivity contribution in [1.82, 2.24) is 0 Å². The maximum absolute atomic E-state index is 12.9. The van der Waals surface area contributed by atoms with Crippen LogP contribution in [-0.4, -0.2) is 20.2 Å². The molecule has 1 heterocycles. The van der Waals surface area contributed by atoms with Crippen LogP contribution in [0.3, 0.4) is 0 Å². The number of rotatable bonds is 6.